The van der Waals surface area contributed by atoms with Crippen LogP contribution in [0.3, 0.4) is 0 Å². The van der Waals surface area contributed by atoms with Gasteiger partial charge < -0.3 is 14.6 Å². The van der Waals surface area contributed by atoms with Crippen molar-refractivity contribution in [2.75, 3.05) is 11.9 Å². The summed E-state index contributed by atoms with van der Waals surface area (Å²) in [7, 11) is 0. The van der Waals surface area contributed by atoms with E-state index in [0.717, 1.165) is 6.07 Å². The van der Waals surface area contributed by atoms with Crippen LogP contribution >= 0.6 is 15.9 Å². The third-order valence-electron chi connectivity index (χ3n) is 3.25. The SMILES string of the molecule is O=C(COC(=O)Cn1cc(C(F)(F)F)ccc1=O)Nc1c(F)cc(F)cc1Br. The first kappa shape index (κ1) is 21.5. The molecule has 0 unspecified atom stereocenters. The topological polar surface area (TPSA) is 77.4 Å². The Hall–Kier alpha value is -2.76. The quantitative estimate of drug-likeness (QED) is 0.540. The van der Waals surface area contributed by atoms with Crippen molar-refractivity contribution >= 4 is 33.5 Å². The standard InChI is InChI=1S/C16H10BrF5N2O4/c17-10-3-9(18)4-11(19)15(10)23-12(25)7-28-14(27)6-24-5-8(16(20,21)22)1-2-13(24)26/h1-5H,6-7H2,(H,23,25). The van der Waals surface area contributed by atoms with Gasteiger partial charge in [-0.25, -0.2) is 8.78 Å². The molecule has 0 saturated carbocycles. The zero-order chi connectivity index (χ0) is 21.1. The molecule has 150 valence electrons. The highest BCUT2D eigenvalue weighted by Crippen LogP contribution is 2.28. The fraction of sp³-hybridized carbons (Fsp3) is 0.188. The molecule has 1 N–H and O–H groups in total. The summed E-state index contributed by atoms with van der Waals surface area (Å²) in [5, 5.41) is 2.04. The maximum absolute atomic E-state index is 13.6. The summed E-state index contributed by atoms with van der Waals surface area (Å²) in [6.45, 7) is -1.78. The van der Waals surface area contributed by atoms with Crippen LogP contribution in [-0.2, 0) is 27.0 Å². The van der Waals surface area contributed by atoms with Crippen molar-refractivity contribution in [3.8, 4) is 0 Å². The van der Waals surface area contributed by atoms with Crippen LogP contribution in [0, 0.1) is 11.6 Å². The van der Waals surface area contributed by atoms with Gasteiger partial charge in [-0.1, -0.05) is 0 Å². The molecule has 2 aromatic rings. The molecule has 6 nitrogen and oxygen atoms in total. The van der Waals surface area contributed by atoms with Crippen LogP contribution in [0.5, 0.6) is 0 Å². The van der Waals surface area contributed by atoms with Crippen LogP contribution < -0.4 is 10.9 Å². The first-order valence-corrected chi connectivity index (χ1v) is 8.14. The number of pyridine rings is 1. The molecule has 1 heterocycles. The van der Waals surface area contributed by atoms with Gasteiger partial charge in [0.15, 0.2) is 12.4 Å². The number of halogens is 6. The average Bonchev–Trinajstić information content (AvgIpc) is 2.57. The van der Waals surface area contributed by atoms with Gasteiger partial charge in [0.25, 0.3) is 11.5 Å². The Labute approximate surface area is 162 Å². The van der Waals surface area contributed by atoms with Crippen LogP contribution in [0.1, 0.15) is 5.56 Å². The molecule has 0 aliphatic rings. The first-order chi connectivity index (χ1) is 13.0. The number of carbonyl (C=O) groups is 2. The molecule has 1 amide bonds. The maximum Gasteiger partial charge on any atom is 0.417 e. The molecular formula is C16H10BrF5N2O4. The van der Waals surface area contributed by atoms with Crippen molar-refractivity contribution in [2.24, 2.45) is 0 Å². The highest BCUT2D eigenvalue weighted by molar-refractivity contribution is 9.10. The molecule has 0 spiro atoms. The Bertz CT molecular complexity index is 951. The van der Waals surface area contributed by atoms with Crippen molar-refractivity contribution in [3.63, 3.8) is 0 Å². The molecule has 0 aliphatic carbocycles. The number of ether oxygens (including phenoxy) is 1. The number of esters is 1. The molecule has 0 atom stereocenters. The molecule has 0 fully saturated rings. The number of nitrogens with one attached hydrogen (secondary N) is 1. The summed E-state index contributed by atoms with van der Waals surface area (Å²) < 4.78 is 69.5. The van der Waals surface area contributed by atoms with E-state index >= 15 is 0 Å². The highest BCUT2D eigenvalue weighted by atomic mass is 79.9. The lowest BCUT2D eigenvalue weighted by Crippen LogP contribution is -2.28. The molecule has 1 aromatic heterocycles. The van der Waals surface area contributed by atoms with Crippen LogP contribution in [-0.4, -0.2) is 23.1 Å². The second kappa shape index (κ2) is 8.50. The number of aromatic nitrogens is 1. The van der Waals surface area contributed by atoms with E-state index < -0.39 is 59.6 Å². The van der Waals surface area contributed by atoms with Crippen LogP contribution in [0.25, 0.3) is 0 Å². The Kier molecular flexibility index (Phi) is 6.54. The number of nitrogens with zero attached hydrogens (tertiary/aromatic N) is 1. The number of anilines is 1. The Morgan fingerprint density at radius 3 is 2.46 bits per heavy atom. The molecule has 2 rings (SSSR count). The fourth-order valence-corrected chi connectivity index (χ4v) is 2.50. The second-order valence-electron chi connectivity index (χ2n) is 5.33. The van der Waals surface area contributed by atoms with E-state index in [-0.39, 0.29) is 4.47 Å². The lowest BCUT2D eigenvalue weighted by molar-refractivity contribution is -0.148. The number of carbonyl (C=O) groups excluding carboxylic acids is 2. The normalized spacial score (nSPS) is 11.2. The van der Waals surface area contributed by atoms with Crippen molar-refractivity contribution in [1.29, 1.82) is 0 Å². The summed E-state index contributed by atoms with van der Waals surface area (Å²) in [5.41, 5.74) is -2.42. The Morgan fingerprint density at radius 2 is 1.86 bits per heavy atom. The monoisotopic (exact) mass is 468 g/mol. The molecule has 12 heteroatoms. The predicted octanol–water partition coefficient (Wildman–Crippen LogP) is 3.09. The molecule has 0 radical (unpaired) electrons. The third-order valence-corrected chi connectivity index (χ3v) is 3.87. The minimum atomic E-state index is -4.72. The summed E-state index contributed by atoms with van der Waals surface area (Å²) in [6, 6.07) is 2.61. The number of hydrogen-bond donors (Lipinski definition) is 1. The summed E-state index contributed by atoms with van der Waals surface area (Å²) in [6.07, 6.45) is -4.28. The molecule has 0 aliphatic heterocycles. The lowest BCUT2D eigenvalue weighted by atomic mass is 10.3. The molecule has 0 bridgehead atoms. The minimum absolute atomic E-state index is 0.0970. The van der Waals surface area contributed by atoms with Gasteiger partial charge in [-0.15, -0.1) is 0 Å². The molecule has 1 aromatic carbocycles. The van der Waals surface area contributed by atoms with E-state index in [4.69, 9.17) is 0 Å². The van der Waals surface area contributed by atoms with Gasteiger partial charge in [0.05, 0.1) is 11.3 Å². The van der Waals surface area contributed by atoms with Gasteiger partial charge in [-0.05, 0) is 28.1 Å². The van der Waals surface area contributed by atoms with Crippen molar-refractivity contribution < 1.29 is 36.3 Å². The van der Waals surface area contributed by atoms with Gasteiger partial charge in [0.1, 0.15) is 12.4 Å². The highest BCUT2D eigenvalue weighted by Gasteiger charge is 2.31. The summed E-state index contributed by atoms with van der Waals surface area (Å²) in [4.78, 5) is 35.0. The van der Waals surface area contributed by atoms with Crippen molar-refractivity contribution in [1.82, 2.24) is 4.57 Å². The average molecular weight is 469 g/mol. The predicted molar refractivity (Wildman–Crippen MR) is 89.4 cm³/mol. The fourth-order valence-electron chi connectivity index (χ4n) is 1.99. The van der Waals surface area contributed by atoms with Crippen molar-refractivity contribution in [2.45, 2.75) is 12.7 Å². The van der Waals surface area contributed by atoms with E-state index in [2.05, 4.69) is 20.7 Å². The van der Waals surface area contributed by atoms with E-state index in [1.807, 2.05) is 5.32 Å². The van der Waals surface area contributed by atoms with Gasteiger partial charge in [0.2, 0.25) is 0 Å². The Morgan fingerprint density at radius 1 is 1.18 bits per heavy atom. The van der Waals surface area contributed by atoms with Crippen LogP contribution in [0.2, 0.25) is 0 Å². The zero-order valence-corrected chi connectivity index (χ0v) is 15.2. The largest absolute Gasteiger partial charge is 0.454 e. The minimum Gasteiger partial charge on any atom is -0.454 e. The van der Waals surface area contributed by atoms with Gasteiger partial charge >= 0.3 is 12.1 Å². The number of hydrogen-bond acceptors (Lipinski definition) is 4. The van der Waals surface area contributed by atoms with E-state index in [1.165, 1.54) is 0 Å². The van der Waals surface area contributed by atoms with Gasteiger partial charge in [0, 0.05) is 22.8 Å². The molecule has 28 heavy (non-hydrogen) atoms. The van der Waals surface area contributed by atoms with E-state index in [1.54, 1.807) is 0 Å². The van der Waals surface area contributed by atoms with E-state index in [9.17, 15) is 36.3 Å². The van der Waals surface area contributed by atoms with Gasteiger partial charge in [-0.3, -0.25) is 14.4 Å². The number of amides is 1. The lowest BCUT2D eigenvalue weighted by Gasteiger charge is -2.11. The molecular weight excluding hydrogens is 459 g/mol. The number of rotatable bonds is 5. The van der Waals surface area contributed by atoms with Crippen LogP contribution in [0.4, 0.5) is 27.6 Å². The summed E-state index contributed by atoms with van der Waals surface area (Å²) >= 11 is 2.85. The Balaban J connectivity index is 1.98. The molecule has 0 saturated heterocycles. The van der Waals surface area contributed by atoms with Crippen molar-refractivity contribution in [3.05, 3.63) is 62.5 Å². The van der Waals surface area contributed by atoms with E-state index in [0.29, 0.717) is 29.0 Å². The van der Waals surface area contributed by atoms with Crippen LogP contribution in [0.15, 0.2) is 39.7 Å². The zero-order valence-electron chi connectivity index (χ0n) is 13.6. The van der Waals surface area contributed by atoms with Gasteiger partial charge in [-0.2, -0.15) is 13.2 Å². The first-order valence-electron chi connectivity index (χ1n) is 7.35. The third kappa shape index (κ3) is 5.62. The smallest absolute Gasteiger partial charge is 0.417 e. The summed E-state index contributed by atoms with van der Waals surface area (Å²) in [5.74, 6) is -4.13. The maximum atomic E-state index is 13.6. The second-order valence-corrected chi connectivity index (χ2v) is 6.19. The number of alkyl halides is 3. The number of benzene rings is 1.